The van der Waals surface area contributed by atoms with Crippen molar-refractivity contribution in [3.05, 3.63) is 12.7 Å². The van der Waals surface area contributed by atoms with E-state index in [1.54, 1.807) is 6.08 Å². The summed E-state index contributed by atoms with van der Waals surface area (Å²) in [7, 11) is 0. The van der Waals surface area contributed by atoms with Gasteiger partial charge in [-0.3, -0.25) is 4.79 Å². The zero-order valence-corrected chi connectivity index (χ0v) is 15.5. The van der Waals surface area contributed by atoms with Crippen molar-refractivity contribution in [1.29, 1.82) is 0 Å². The third kappa shape index (κ3) is 15.3. The van der Waals surface area contributed by atoms with Gasteiger partial charge in [0.15, 0.2) is 0 Å². The molecule has 0 aromatic heterocycles. The van der Waals surface area contributed by atoms with Crippen LogP contribution in [-0.2, 0) is 4.79 Å². The largest absolute Gasteiger partial charge is 0.342 e. The lowest BCUT2D eigenvalue weighted by Crippen LogP contribution is -2.31. The van der Waals surface area contributed by atoms with Gasteiger partial charge < -0.3 is 4.90 Å². The summed E-state index contributed by atoms with van der Waals surface area (Å²) in [6.07, 6.45) is 3.61. The molecule has 1 atom stereocenters. The predicted octanol–water partition coefficient (Wildman–Crippen LogP) is 5.54. The van der Waals surface area contributed by atoms with Crippen LogP contribution in [0.15, 0.2) is 12.7 Å². The molecule has 1 aliphatic rings. The highest BCUT2D eigenvalue weighted by Crippen LogP contribution is 2.23. The standard InChI is InChI=1S/C11H21NO.C3H6.2C2H6/c1-9-5-6-12(8-9)10(13)7-11(2,3)4;1-3-2;2*1-2/h9H,5-8H2,1-4H3;3H,1H2,2H3;2*1-2H3. The lowest BCUT2D eigenvalue weighted by molar-refractivity contribution is -0.132. The fraction of sp³-hybridized carbons (Fsp3) is 0.833. The van der Waals surface area contributed by atoms with E-state index in [1.807, 2.05) is 39.5 Å². The summed E-state index contributed by atoms with van der Waals surface area (Å²) >= 11 is 0. The number of carbonyl (C=O) groups excluding carboxylic acids is 1. The average Bonchev–Trinajstić information content (AvgIpc) is 2.80. The molecule has 20 heavy (non-hydrogen) atoms. The maximum atomic E-state index is 11.7. The molecule has 122 valence electrons. The van der Waals surface area contributed by atoms with E-state index in [1.165, 1.54) is 6.42 Å². The number of hydrogen-bond donors (Lipinski definition) is 0. The molecule has 1 unspecified atom stereocenters. The SMILES string of the molecule is C=CC.CC.CC.CC1CCN(C(=O)CC(C)(C)C)C1. The number of allylic oxidation sites excluding steroid dienone is 1. The Bertz CT molecular complexity index is 228. The molecule has 0 aliphatic carbocycles. The van der Waals surface area contributed by atoms with Crippen molar-refractivity contribution in [2.45, 2.75) is 75.2 Å². The van der Waals surface area contributed by atoms with Crippen LogP contribution in [0.3, 0.4) is 0 Å². The van der Waals surface area contributed by atoms with Crippen LogP contribution in [0.5, 0.6) is 0 Å². The molecule has 1 fully saturated rings. The van der Waals surface area contributed by atoms with Gasteiger partial charge in [0.1, 0.15) is 0 Å². The van der Waals surface area contributed by atoms with Crippen LogP contribution in [0.4, 0.5) is 0 Å². The highest BCUT2D eigenvalue weighted by atomic mass is 16.2. The van der Waals surface area contributed by atoms with E-state index < -0.39 is 0 Å². The van der Waals surface area contributed by atoms with Crippen molar-refractivity contribution in [2.24, 2.45) is 11.3 Å². The topological polar surface area (TPSA) is 20.3 Å². The summed E-state index contributed by atoms with van der Waals surface area (Å²) in [5.41, 5.74) is 0.128. The molecule has 1 amide bonds. The molecule has 1 saturated heterocycles. The minimum Gasteiger partial charge on any atom is -0.342 e. The molecule has 0 aromatic carbocycles. The van der Waals surface area contributed by atoms with E-state index in [2.05, 4.69) is 34.3 Å². The smallest absolute Gasteiger partial charge is 0.223 e. The Labute approximate surface area is 128 Å². The summed E-state index contributed by atoms with van der Waals surface area (Å²) in [4.78, 5) is 13.7. The van der Waals surface area contributed by atoms with Gasteiger partial charge in [-0.15, -0.1) is 6.58 Å². The number of likely N-dealkylation sites (tertiary alicyclic amines) is 1. The molecule has 1 heterocycles. The van der Waals surface area contributed by atoms with Crippen LogP contribution in [-0.4, -0.2) is 23.9 Å². The molecule has 1 aliphatic heterocycles. The van der Waals surface area contributed by atoms with Crippen molar-refractivity contribution in [2.75, 3.05) is 13.1 Å². The van der Waals surface area contributed by atoms with E-state index in [0.717, 1.165) is 13.1 Å². The quantitative estimate of drug-likeness (QED) is 0.580. The molecular formula is C18H39NO. The van der Waals surface area contributed by atoms with Crippen LogP contribution >= 0.6 is 0 Å². The summed E-state index contributed by atoms with van der Waals surface area (Å²) in [6.45, 7) is 23.7. The molecule has 1 rings (SSSR count). The maximum absolute atomic E-state index is 11.7. The first-order valence-corrected chi connectivity index (χ1v) is 8.15. The Balaban J connectivity index is -0.000000355. The molecule has 0 N–H and O–H groups in total. The number of hydrogen-bond acceptors (Lipinski definition) is 1. The van der Waals surface area contributed by atoms with Crippen LogP contribution in [0.25, 0.3) is 0 Å². The van der Waals surface area contributed by atoms with E-state index in [-0.39, 0.29) is 5.41 Å². The van der Waals surface area contributed by atoms with Gasteiger partial charge in [-0.1, -0.05) is 61.5 Å². The summed E-state index contributed by atoms with van der Waals surface area (Å²) in [5.74, 6) is 1.03. The number of rotatable bonds is 1. The average molecular weight is 286 g/mol. The highest BCUT2D eigenvalue weighted by molar-refractivity contribution is 5.77. The van der Waals surface area contributed by atoms with Gasteiger partial charge in [0.25, 0.3) is 0 Å². The van der Waals surface area contributed by atoms with Crippen LogP contribution in [0.1, 0.15) is 75.2 Å². The Hall–Kier alpha value is -0.790. The van der Waals surface area contributed by atoms with Gasteiger partial charge in [0.05, 0.1) is 0 Å². The Morgan fingerprint density at radius 2 is 1.65 bits per heavy atom. The fourth-order valence-electron chi connectivity index (χ4n) is 1.73. The van der Waals surface area contributed by atoms with Crippen molar-refractivity contribution < 1.29 is 4.79 Å². The minimum absolute atomic E-state index is 0.128. The van der Waals surface area contributed by atoms with Gasteiger partial charge in [-0.05, 0) is 24.7 Å². The molecule has 0 bridgehead atoms. The molecule has 2 nitrogen and oxygen atoms in total. The first-order chi connectivity index (χ1) is 9.30. The summed E-state index contributed by atoms with van der Waals surface area (Å²) in [5, 5.41) is 0. The second-order valence-electron chi connectivity index (χ2n) is 5.88. The van der Waals surface area contributed by atoms with Gasteiger partial charge in [0.2, 0.25) is 5.91 Å². The first kappa shape index (κ1) is 24.2. The summed E-state index contributed by atoms with van der Waals surface area (Å²) in [6, 6.07) is 0. The Morgan fingerprint density at radius 1 is 1.25 bits per heavy atom. The minimum atomic E-state index is 0.128. The fourth-order valence-corrected chi connectivity index (χ4v) is 1.73. The molecule has 0 aromatic rings. The van der Waals surface area contributed by atoms with Gasteiger partial charge in [-0.25, -0.2) is 0 Å². The van der Waals surface area contributed by atoms with Gasteiger partial charge >= 0.3 is 0 Å². The number of nitrogens with zero attached hydrogens (tertiary/aromatic N) is 1. The third-order valence-corrected chi connectivity index (χ3v) is 2.46. The van der Waals surface area contributed by atoms with Crippen LogP contribution < -0.4 is 0 Å². The highest BCUT2D eigenvalue weighted by Gasteiger charge is 2.26. The number of amides is 1. The Kier molecular flexibility index (Phi) is 17.7. The van der Waals surface area contributed by atoms with E-state index >= 15 is 0 Å². The predicted molar refractivity (Wildman–Crippen MR) is 93.0 cm³/mol. The second-order valence-corrected chi connectivity index (χ2v) is 5.88. The Morgan fingerprint density at radius 3 is 1.90 bits per heavy atom. The van der Waals surface area contributed by atoms with Crippen molar-refractivity contribution in [3.63, 3.8) is 0 Å². The van der Waals surface area contributed by atoms with Crippen LogP contribution in [0, 0.1) is 11.3 Å². The molecule has 2 heteroatoms. The van der Waals surface area contributed by atoms with E-state index in [4.69, 9.17) is 0 Å². The molecule has 0 spiro atoms. The first-order valence-electron chi connectivity index (χ1n) is 8.15. The van der Waals surface area contributed by atoms with Gasteiger partial charge in [-0.2, -0.15) is 0 Å². The lowest BCUT2D eigenvalue weighted by atomic mass is 9.92. The van der Waals surface area contributed by atoms with Crippen LogP contribution in [0.2, 0.25) is 0 Å². The lowest BCUT2D eigenvalue weighted by Gasteiger charge is -2.22. The zero-order valence-electron chi connectivity index (χ0n) is 15.5. The monoisotopic (exact) mass is 285 g/mol. The van der Waals surface area contributed by atoms with Crippen molar-refractivity contribution in [1.82, 2.24) is 4.90 Å². The molecule has 0 radical (unpaired) electrons. The van der Waals surface area contributed by atoms with Crippen molar-refractivity contribution >= 4 is 5.91 Å². The third-order valence-electron chi connectivity index (χ3n) is 2.46. The van der Waals surface area contributed by atoms with E-state index in [9.17, 15) is 4.79 Å². The zero-order chi connectivity index (χ0) is 16.8. The molecule has 0 saturated carbocycles. The normalized spacial score (nSPS) is 16.6. The van der Waals surface area contributed by atoms with Gasteiger partial charge in [0, 0.05) is 19.5 Å². The summed E-state index contributed by atoms with van der Waals surface area (Å²) < 4.78 is 0. The maximum Gasteiger partial charge on any atom is 0.223 e. The van der Waals surface area contributed by atoms with E-state index in [0.29, 0.717) is 18.2 Å². The molecular weight excluding hydrogens is 246 g/mol. The second kappa shape index (κ2) is 14.6. The van der Waals surface area contributed by atoms with Crippen molar-refractivity contribution in [3.8, 4) is 0 Å². The number of carbonyl (C=O) groups is 1.